The molecule has 0 saturated heterocycles. The minimum atomic E-state index is -0.850. The number of methoxy groups -OCH3 is 1. The summed E-state index contributed by atoms with van der Waals surface area (Å²) in [4.78, 5) is 3.59. The Morgan fingerprint density at radius 3 is 2.33 bits per heavy atom. The van der Waals surface area contributed by atoms with Crippen LogP contribution in [0.25, 0.3) is 0 Å². The van der Waals surface area contributed by atoms with Gasteiger partial charge >= 0.3 is 12.1 Å². The Hall–Kier alpha value is -1.06. The van der Waals surface area contributed by atoms with Gasteiger partial charge in [0.25, 0.3) is 0 Å². The molecule has 0 aliphatic rings. The Morgan fingerprint density at radius 1 is 1.42 bits per heavy atom. The lowest BCUT2D eigenvalue weighted by Gasteiger charge is -2.14. The smallest absolute Gasteiger partial charge is 0.384 e. The van der Waals surface area contributed by atoms with Crippen LogP contribution in [0.2, 0.25) is 0 Å². The Morgan fingerprint density at radius 2 is 2.00 bits per heavy atom. The first kappa shape index (κ1) is 9.03. The van der Waals surface area contributed by atoms with Crippen LogP contribution in [0.4, 0.5) is 4.39 Å². The fourth-order valence-electron chi connectivity index (χ4n) is 0.893. The van der Waals surface area contributed by atoms with Gasteiger partial charge in [-0.25, -0.2) is 0 Å². The fourth-order valence-corrected chi connectivity index (χ4v) is 0.893. The Labute approximate surface area is 70.5 Å². The van der Waals surface area contributed by atoms with Crippen molar-refractivity contribution in [1.29, 1.82) is 0 Å². The average Bonchev–Trinajstić information content (AvgIpc) is 2.29. The maximum absolute atomic E-state index is 12.5. The summed E-state index contributed by atoms with van der Waals surface area (Å²) in [7, 11) is 1.43. The summed E-state index contributed by atoms with van der Waals surface area (Å²) in [5.41, 5.74) is 0.238. The lowest BCUT2D eigenvalue weighted by Crippen LogP contribution is -2.12. The van der Waals surface area contributed by atoms with E-state index in [-0.39, 0.29) is 11.4 Å². The minimum Gasteiger partial charge on any atom is -0.467 e. The third-order valence-corrected chi connectivity index (χ3v) is 1.47. The minimum absolute atomic E-state index is 0.153. The van der Waals surface area contributed by atoms with Crippen LogP contribution in [0.15, 0.2) is 4.42 Å². The van der Waals surface area contributed by atoms with Crippen molar-refractivity contribution in [2.75, 3.05) is 7.11 Å². The molecule has 0 atom stereocenters. The highest BCUT2D eigenvalue weighted by molar-refractivity contribution is 5.22. The molecule has 0 N–H and O–H groups in total. The van der Waals surface area contributed by atoms with Crippen LogP contribution in [0.3, 0.4) is 0 Å². The van der Waals surface area contributed by atoms with Crippen LogP contribution >= 0.6 is 0 Å². The van der Waals surface area contributed by atoms with Gasteiger partial charge in [-0.1, -0.05) is 20.8 Å². The molecule has 0 spiro atoms. The molecule has 4 heteroatoms. The first-order valence-electron chi connectivity index (χ1n) is 3.66. The van der Waals surface area contributed by atoms with Crippen molar-refractivity contribution in [3.05, 3.63) is 11.8 Å². The first-order chi connectivity index (χ1) is 5.45. The highest BCUT2D eigenvalue weighted by Crippen LogP contribution is 2.30. The zero-order valence-corrected chi connectivity index (χ0v) is 7.64. The van der Waals surface area contributed by atoms with Crippen LogP contribution in [-0.2, 0) is 5.41 Å². The van der Waals surface area contributed by atoms with Crippen molar-refractivity contribution in [2.45, 2.75) is 26.2 Å². The standard InChI is InChI=1S/C8H12FNO2/c1-8(2,3)5-6(11-4)12-7(9)10-5/h1-4H3. The van der Waals surface area contributed by atoms with Gasteiger partial charge in [0.15, 0.2) is 0 Å². The lowest BCUT2D eigenvalue weighted by atomic mass is 9.93. The Kier molecular flexibility index (Phi) is 2.08. The predicted molar refractivity (Wildman–Crippen MR) is 41.7 cm³/mol. The van der Waals surface area contributed by atoms with E-state index in [0.717, 1.165) is 0 Å². The lowest BCUT2D eigenvalue weighted by molar-refractivity contribution is 0.242. The molecule has 1 rings (SSSR count). The molecule has 0 saturated carbocycles. The van der Waals surface area contributed by atoms with Gasteiger partial charge in [0, 0.05) is 5.41 Å². The van der Waals surface area contributed by atoms with E-state index in [9.17, 15) is 4.39 Å². The van der Waals surface area contributed by atoms with Gasteiger partial charge in [0.05, 0.1) is 7.11 Å². The van der Waals surface area contributed by atoms with Crippen molar-refractivity contribution >= 4 is 0 Å². The van der Waals surface area contributed by atoms with E-state index < -0.39 is 6.14 Å². The molecule has 0 amide bonds. The maximum atomic E-state index is 12.5. The summed E-state index contributed by atoms with van der Waals surface area (Å²) in [6, 6.07) is 0. The van der Waals surface area contributed by atoms with E-state index in [4.69, 9.17) is 4.74 Å². The summed E-state index contributed by atoms with van der Waals surface area (Å²) in [5.74, 6) is 0.153. The molecule has 1 aromatic heterocycles. The van der Waals surface area contributed by atoms with Crippen molar-refractivity contribution in [3.8, 4) is 5.95 Å². The number of ether oxygens (including phenoxy) is 1. The molecule has 0 aromatic carbocycles. The van der Waals surface area contributed by atoms with Gasteiger partial charge in [-0.2, -0.15) is 4.98 Å². The number of hydrogen-bond acceptors (Lipinski definition) is 3. The molecule has 1 aromatic rings. The highest BCUT2D eigenvalue weighted by Gasteiger charge is 2.25. The second-order valence-corrected chi connectivity index (χ2v) is 3.56. The monoisotopic (exact) mass is 173 g/mol. The topological polar surface area (TPSA) is 35.3 Å². The van der Waals surface area contributed by atoms with E-state index >= 15 is 0 Å². The summed E-state index contributed by atoms with van der Waals surface area (Å²) in [6.07, 6.45) is -0.850. The van der Waals surface area contributed by atoms with Crippen molar-refractivity contribution in [3.63, 3.8) is 0 Å². The third-order valence-electron chi connectivity index (χ3n) is 1.47. The molecule has 68 valence electrons. The van der Waals surface area contributed by atoms with Gasteiger partial charge in [-0.3, -0.25) is 0 Å². The molecule has 3 nitrogen and oxygen atoms in total. The van der Waals surface area contributed by atoms with Gasteiger partial charge in [0.2, 0.25) is 0 Å². The largest absolute Gasteiger partial charge is 0.467 e. The Balaban J connectivity index is 3.13. The number of rotatable bonds is 1. The summed E-state index contributed by atoms with van der Waals surface area (Å²) >= 11 is 0. The molecular weight excluding hydrogens is 161 g/mol. The van der Waals surface area contributed by atoms with E-state index in [0.29, 0.717) is 5.69 Å². The zero-order valence-electron chi connectivity index (χ0n) is 7.64. The molecule has 0 aliphatic carbocycles. The van der Waals surface area contributed by atoms with E-state index in [1.807, 2.05) is 20.8 Å². The predicted octanol–water partition coefficient (Wildman–Crippen LogP) is 2.12. The number of hydrogen-bond donors (Lipinski definition) is 0. The SMILES string of the molecule is COc1oc(F)nc1C(C)(C)C. The second kappa shape index (κ2) is 2.77. The van der Waals surface area contributed by atoms with Gasteiger partial charge in [0.1, 0.15) is 5.69 Å². The molecule has 0 aliphatic heterocycles. The summed E-state index contributed by atoms with van der Waals surface area (Å²) in [5, 5.41) is 0. The van der Waals surface area contributed by atoms with Crippen LogP contribution in [0.1, 0.15) is 26.5 Å². The second-order valence-electron chi connectivity index (χ2n) is 3.56. The summed E-state index contributed by atoms with van der Waals surface area (Å²) in [6.45, 7) is 5.73. The van der Waals surface area contributed by atoms with E-state index in [2.05, 4.69) is 9.40 Å². The highest BCUT2D eigenvalue weighted by atomic mass is 19.1. The maximum Gasteiger partial charge on any atom is 0.384 e. The zero-order chi connectivity index (χ0) is 9.35. The molecule has 0 bridgehead atoms. The Bertz CT molecular complexity index is 275. The van der Waals surface area contributed by atoms with Crippen molar-refractivity contribution in [1.82, 2.24) is 4.98 Å². The third kappa shape index (κ3) is 1.57. The number of aromatic nitrogens is 1. The summed E-state index contributed by atoms with van der Waals surface area (Å²) < 4.78 is 22.0. The quantitative estimate of drug-likeness (QED) is 0.652. The molecule has 0 unspecified atom stereocenters. The average molecular weight is 173 g/mol. The van der Waals surface area contributed by atoms with Crippen LogP contribution in [0, 0.1) is 6.14 Å². The molecule has 1 heterocycles. The van der Waals surface area contributed by atoms with Gasteiger partial charge < -0.3 is 9.15 Å². The van der Waals surface area contributed by atoms with Crippen molar-refractivity contribution < 1.29 is 13.5 Å². The molecular formula is C8H12FNO2. The van der Waals surface area contributed by atoms with Crippen LogP contribution in [0.5, 0.6) is 5.95 Å². The molecule has 0 fully saturated rings. The normalized spacial score (nSPS) is 11.8. The van der Waals surface area contributed by atoms with Crippen LogP contribution < -0.4 is 4.74 Å². The molecule has 12 heavy (non-hydrogen) atoms. The fraction of sp³-hybridized carbons (Fsp3) is 0.625. The molecule has 0 radical (unpaired) electrons. The number of oxazole rings is 1. The van der Waals surface area contributed by atoms with E-state index in [1.165, 1.54) is 7.11 Å². The first-order valence-corrected chi connectivity index (χ1v) is 3.66. The van der Waals surface area contributed by atoms with Crippen molar-refractivity contribution in [2.24, 2.45) is 0 Å². The van der Waals surface area contributed by atoms with Gasteiger partial charge in [-0.15, -0.1) is 4.39 Å². The van der Waals surface area contributed by atoms with Gasteiger partial charge in [-0.05, 0) is 0 Å². The number of nitrogens with zero attached hydrogens (tertiary/aromatic N) is 1. The number of halogens is 1. The van der Waals surface area contributed by atoms with Crippen LogP contribution in [-0.4, -0.2) is 12.1 Å². The van der Waals surface area contributed by atoms with E-state index in [1.54, 1.807) is 0 Å².